The Labute approximate surface area is 115 Å². The van der Waals surface area contributed by atoms with Gasteiger partial charge in [-0.3, -0.25) is 4.79 Å². The number of rotatable bonds is 5. The molecule has 4 nitrogen and oxygen atoms in total. The van der Waals surface area contributed by atoms with Crippen LogP contribution in [0.25, 0.3) is 0 Å². The lowest BCUT2D eigenvalue weighted by Gasteiger charge is -2.10. The summed E-state index contributed by atoms with van der Waals surface area (Å²) < 4.78 is 5.27. The van der Waals surface area contributed by atoms with Gasteiger partial charge in [0.1, 0.15) is 6.61 Å². The lowest BCUT2D eigenvalue weighted by Crippen LogP contribution is -2.19. The fourth-order valence-corrected chi connectivity index (χ4v) is 2.09. The van der Waals surface area contributed by atoms with Crippen LogP contribution in [0, 0.1) is 5.92 Å². The Kier molecular flexibility index (Phi) is 4.32. The van der Waals surface area contributed by atoms with Crippen LogP contribution in [0.15, 0.2) is 12.1 Å². The molecule has 0 radical (unpaired) electrons. The van der Waals surface area contributed by atoms with E-state index in [4.69, 9.17) is 33.7 Å². The summed E-state index contributed by atoms with van der Waals surface area (Å²) in [6, 6.07) is 3.07. The number of halogens is 2. The third kappa shape index (κ3) is 3.77. The van der Waals surface area contributed by atoms with Crippen molar-refractivity contribution in [1.82, 2.24) is 0 Å². The van der Waals surface area contributed by atoms with Crippen LogP contribution < -0.4 is 11.1 Å². The standard InChI is InChI=1S/C12H14Cl2N2O2/c13-9-3-8(15)4-10(14)12(9)16-11(17)6-18-5-7-1-2-7/h3-4,7H,1-2,5-6,15H2,(H,16,17). The van der Waals surface area contributed by atoms with Crippen molar-refractivity contribution < 1.29 is 9.53 Å². The molecule has 6 heteroatoms. The van der Waals surface area contributed by atoms with Crippen molar-refractivity contribution in [2.75, 3.05) is 24.3 Å². The summed E-state index contributed by atoms with van der Waals surface area (Å²) in [6.45, 7) is 0.643. The first kappa shape index (κ1) is 13.5. The van der Waals surface area contributed by atoms with Crippen molar-refractivity contribution in [1.29, 1.82) is 0 Å². The lowest BCUT2D eigenvalue weighted by atomic mass is 10.3. The van der Waals surface area contributed by atoms with Gasteiger partial charge in [0.25, 0.3) is 0 Å². The molecule has 2 rings (SSSR count). The number of nitrogens with two attached hydrogens (primary N) is 1. The van der Waals surface area contributed by atoms with E-state index in [9.17, 15) is 4.79 Å². The van der Waals surface area contributed by atoms with Gasteiger partial charge in [0, 0.05) is 5.69 Å². The third-order valence-corrected chi connectivity index (χ3v) is 3.21. The number of carbonyl (C=O) groups excluding carboxylic acids is 1. The number of amides is 1. The molecule has 3 N–H and O–H groups in total. The van der Waals surface area contributed by atoms with E-state index in [-0.39, 0.29) is 12.5 Å². The summed E-state index contributed by atoms with van der Waals surface area (Å²) in [5, 5.41) is 3.25. The topological polar surface area (TPSA) is 64.3 Å². The Hall–Kier alpha value is -0.970. The number of carbonyl (C=O) groups is 1. The van der Waals surface area contributed by atoms with E-state index in [0.717, 1.165) is 0 Å². The molecule has 1 aromatic carbocycles. The molecule has 1 amide bonds. The van der Waals surface area contributed by atoms with Gasteiger partial charge in [-0.25, -0.2) is 0 Å². The molecule has 0 unspecified atom stereocenters. The van der Waals surface area contributed by atoms with E-state index in [1.807, 2.05) is 0 Å². The predicted octanol–water partition coefficient (Wildman–Crippen LogP) is 2.94. The van der Waals surface area contributed by atoms with Crippen molar-refractivity contribution in [2.45, 2.75) is 12.8 Å². The van der Waals surface area contributed by atoms with Gasteiger partial charge in [-0.15, -0.1) is 0 Å². The van der Waals surface area contributed by atoms with Crippen molar-refractivity contribution in [3.63, 3.8) is 0 Å². The lowest BCUT2D eigenvalue weighted by molar-refractivity contribution is -0.120. The van der Waals surface area contributed by atoms with E-state index < -0.39 is 0 Å². The average Bonchev–Trinajstić information content (AvgIpc) is 3.07. The van der Waals surface area contributed by atoms with Crippen LogP contribution in [0.3, 0.4) is 0 Å². The highest BCUT2D eigenvalue weighted by Crippen LogP contribution is 2.32. The zero-order valence-electron chi connectivity index (χ0n) is 9.71. The molecule has 1 aliphatic carbocycles. The predicted molar refractivity (Wildman–Crippen MR) is 73.0 cm³/mol. The van der Waals surface area contributed by atoms with Gasteiger partial charge in [-0.05, 0) is 30.9 Å². The van der Waals surface area contributed by atoms with Crippen molar-refractivity contribution in [3.8, 4) is 0 Å². The number of ether oxygens (including phenoxy) is 1. The molecule has 0 aromatic heterocycles. The van der Waals surface area contributed by atoms with E-state index in [1.165, 1.54) is 25.0 Å². The number of nitrogen functional groups attached to an aromatic ring is 1. The molecular formula is C12H14Cl2N2O2. The van der Waals surface area contributed by atoms with Gasteiger partial charge in [-0.2, -0.15) is 0 Å². The first-order valence-electron chi connectivity index (χ1n) is 5.68. The minimum Gasteiger partial charge on any atom is -0.399 e. The van der Waals surface area contributed by atoms with Crippen LogP contribution in [-0.2, 0) is 9.53 Å². The monoisotopic (exact) mass is 288 g/mol. The van der Waals surface area contributed by atoms with Crippen LogP contribution in [0.4, 0.5) is 11.4 Å². The molecule has 18 heavy (non-hydrogen) atoms. The smallest absolute Gasteiger partial charge is 0.250 e. The Morgan fingerprint density at radius 3 is 2.56 bits per heavy atom. The minimum atomic E-state index is -0.274. The highest BCUT2D eigenvalue weighted by molar-refractivity contribution is 6.40. The van der Waals surface area contributed by atoms with Gasteiger partial charge >= 0.3 is 0 Å². The third-order valence-electron chi connectivity index (χ3n) is 2.61. The van der Waals surface area contributed by atoms with Crippen molar-refractivity contribution in [3.05, 3.63) is 22.2 Å². The molecule has 98 valence electrons. The van der Waals surface area contributed by atoms with Crippen LogP contribution >= 0.6 is 23.2 Å². The second-order valence-corrected chi connectivity index (χ2v) is 5.18. The highest BCUT2D eigenvalue weighted by Gasteiger charge is 2.21. The largest absolute Gasteiger partial charge is 0.399 e. The molecule has 1 saturated carbocycles. The SMILES string of the molecule is Nc1cc(Cl)c(NC(=O)COCC2CC2)c(Cl)c1. The van der Waals surface area contributed by atoms with E-state index in [0.29, 0.717) is 33.9 Å². The molecule has 0 spiro atoms. The normalized spacial score (nSPS) is 14.6. The number of hydrogen-bond acceptors (Lipinski definition) is 3. The van der Waals surface area contributed by atoms with Crippen LogP contribution in [0.5, 0.6) is 0 Å². The summed E-state index contributed by atoms with van der Waals surface area (Å²) in [7, 11) is 0. The summed E-state index contributed by atoms with van der Waals surface area (Å²) in [5.74, 6) is 0.353. The Morgan fingerprint density at radius 2 is 2.00 bits per heavy atom. The second-order valence-electron chi connectivity index (χ2n) is 4.37. The summed E-state index contributed by atoms with van der Waals surface area (Å²) >= 11 is 11.9. The molecule has 1 aromatic rings. The number of anilines is 2. The molecule has 0 aliphatic heterocycles. The number of nitrogens with one attached hydrogen (secondary N) is 1. The van der Waals surface area contributed by atoms with Crippen molar-refractivity contribution >= 4 is 40.5 Å². The maximum Gasteiger partial charge on any atom is 0.250 e. The fourth-order valence-electron chi connectivity index (χ4n) is 1.49. The van der Waals surface area contributed by atoms with Gasteiger partial charge in [-0.1, -0.05) is 23.2 Å². The average molecular weight is 289 g/mol. The summed E-state index contributed by atoms with van der Waals surface area (Å²) in [6.07, 6.45) is 2.38. The van der Waals surface area contributed by atoms with E-state index >= 15 is 0 Å². The van der Waals surface area contributed by atoms with Gasteiger partial charge in [0.05, 0.1) is 22.3 Å². The Morgan fingerprint density at radius 1 is 1.39 bits per heavy atom. The van der Waals surface area contributed by atoms with Crippen LogP contribution in [0.1, 0.15) is 12.8 Å². The maximum absolute atomic E-state index is 11.6. The van der Waals surface area contributed by atoms with Gasteiger partial charge in [0.2, 0.25) is 5.91 Å². The maximum atomic E-state index is 11.6. The molecule has 0 saturated heterocycles. The van der Waals surface area contributed by atoms with E-state index in [2.05, 4.69) is 5.32 Å². The molecule has 0 bridgehead atoms. The molecule has 1 aliphatic rings. The van der Waals surface area contributed by atoms with Gasteiger partial charge in [0.15, 0.2) is 0 Å². The van der Waals surface area contributed by atoms with Crippen molar-refractivity contribution in [2.24, 2.45) is 5.92 Å². The molecule has 0 heterocycles. The highest BCUT2D eigenvalue weighted by atomic mass is 35.5. The fraction of sp³-hybridized carbons (Fsp3) is 0.417. The quantitative estimate of drug-likeness (QED) is 0.819. The Bertz CT molecular complexity index is 438. The number of benzene rings is 1. The molecule has 0 atom stereocenters. The second kappa shape index (κ2) is 5.78. The molecular weight excluding hydrogens is 275 g/mol. The molecule has 1 fully saturated rings. The van der Waals surface area contributed by atoms with Gasteiger partial charge < -0.3 is 15.8 Å². The van der Waals surface area contributed by atoms with Crippen LogP contribution in [0.2, 0.25) is 10.0 Å². The first-order valence-corrected chi connectivity index (χ1v) is 6.44. The van der Waals surface area contributed by atoms with E-state index in [1.54, 1.807) is 0 Å². The number of hydrogen-bond donors (Lipinski definition) is 2. The zero-order chi connectivity index (χ0) is 13.1. The summed E-state index contributed by atoms with van der Waals surface area (Å²) in [4.78, 5) is 11.6. The minimum absolute atomic E-state index is 0.00747. The first-order chi connectivity index (χ1) is 8.56. The zero-order valence-corrected chi connectivity index (χ0v) is 11.2. The summed E-state index contributed by atoms with van der Waals surface area (Å²) in [5.41, 5.74) is 6.39. The van der Waals surface area contributed by atoms with Crippen LogP contribution in [-0.4, -0.2) is 19.1 Å². The Balaban J connectivity index is 1.89.